The molecule has 1 fully saturated rings. The second-order valence-corrected chi connectivity index (χ2v) is 5.37. The zero-order valence-electron chi connectivity index (χ0n) is 12.1. The molecule has 2 rings (SSSR count). The van der Waals surface area contributed by atoms with Crippen molar-refractivity contribution in [3.63, 3.8) is 0 Å². The first-order valence-corrected chi connectivity index (χ1v) is 7.03. The third-order valence-corrected chi connectivity index (χ3v) is 4.28. The van der Waals surface area contributed by atoms with Crippen molar-refractivity contribution in [2.24, 2.45) is 0 Å². The zero-order valence-corrected chi connectivity index (χ0v) is 12.1. The molecular formula is C16H23NO2. The minimum atomic E-state index is -0.421. The molecule has 104 valence electrons. The molecule has 1 aliphatic heterocycles. The van der Waals surface area contributed by atoms with Crippen molar-refractivity contribution in [3.8, 4) is 0 Å². The van der Waals surface area contributed by atoms with E-state index in [0.29, 0.717) is 0 Å². The van der Waals surface area contributed by atoms with Crippen LogP contribution in [0.25, 0.3) is 0 Å². The smallest absolute Gasteiger partial charge is 0.183 e. The summed E-state index contributed by atoms with van der Waals surface area (Å²) in [7, 11) is 0. The average Bonchev–Trinajstić information content (AvgIpc) is 2.47. The second kappa shape index (κ2) is 5.85. The number of benzene rings is 1. The van der Waals surface area contributed by atoms with Gasteiger partial charge in [0.25, 0.3) is 0 Å². The highest BCUT2D eigenvalue weighted by Crippen LogP contribution is 2.26. The van der Waals surface area contributed by atoms with Crippen LogP contribution < -0.4 is 0 Å². The molecular weight excluding hydrogens is 238 g/mol. The number of carbonyl (C=O) groups excluding carboxylic acids is 1. The first-order chi connectivity index (χ1) is 9.09. The summed E-state index contributed by atoms with van der Waals surface area (Å²) in [5.41, 5.74) is 1.48. The van der Waals surface area contributed by atoms with Gasteiger partial charge in [0.2, 0.25) is 0 Å². The number of ether oxygens (including phenoxy) is 1. The number of carbonyl (C=O) groups is 1. The van der Waals surface area contributed by atoms with E-state index >= 15 is 0 Å². The van der Waals surface area contributed by atoms with Gasteiger partial charge in [-0.2, -0.15) is 0 Å². The van der Waals surface area contributed by atoms with Crippen molar-refractivity contribution in [1.29, 1.82) is 0 Å². The highest BCUT2D eigenvalue weighted by atomic mass is 16.5. The molecule has 3 nitrogen and oxygen atoms in total. The fraction of sp³-hybridized carbons (Fsp3) is 0.562. The molecule has 0 spiro atoms. The van der Waals surface area contributed by atoms with E-state index in [9.17, 15) is 4.79 Å². The molecule has 0 radical (unpaired) electrons. The van der Waals surface area contributed by atoms with Crippen LogP contribution in [0.4, 0.5) is 0 Å². The fourth-order valence-corrected chi connectivity index (χ4v) is 2.70. The number of hydrogen-bond acceptors (Lipinski definition) is 3. The highest BCUT2D eigenvalue weighted by molar-refractivity contribution is 6.04. The topological polar surface area (TPSA) is 29.5 Å². The van der Waals surface area contributed by atoms with Crippen LogP contribution in [0.3, 0.4) is 0 Å². The van der Waals surface area contributed by atoms with Gasteiger partial charge < -0.3 is 4.74 Å². The quantitative estimate of drug-likeness (QED) is 0.780. The number of morpholine rings is 1. The molecule has 1 heterocycles. The number of nitrogens with zero attached hydrogens (tertiary/aromatic N) is 1. The van der Waals surface area contributed by atoms with Gasteiger partial charge in [0, 0.05) is 18.7 Å². The Morgan fingerprint density at radius 2 is 1.95 bits per heavy atom. The SMILES string of the molecule is CCC(C)(C(=O)c1ccccc1C)N1CCOCC1. The van der Waals surface area contributed by atoms with Gasteiger partial charge in [0.1, 0.15) is 0 Å². The average molecular weight is 261 g/mol. The molecule has 1 aromatic carbocycles. The first kappa shape index (κ1) is 14.2. The normalized spacial score (nSPS) is 19.9. The van der Waals surface area contributed by atoms with Gasteiger partial charge in [0.15, 0.2) is 5.78 Å². The Bertz CT molecular complexity index is 452. The van der Waals surface area contributed by atoms with Crippen LogP contribution in [-0.4, -0.2) is 42.5 Å². The molecule has 1 unspecified atom stereocenters. The molecule has 0 aromatic heterocycles. The lowest BCUT2D eigenvalue weighted by molar-refractivity contribution is -0.0106. The predicted octanol–water partition coefficient (Wildman–Crippen LogP) is 2.68. The lowest BCUT2D eigenvalue weighted by Crippen LogP contribution is -2.56. The number of ketones is 1. The molecule has 3 heteroatoms. The van der Waals surface area contributed by atoms with Crippen LogP contribution in [0, 0.1) is 6.92 Å². The highest BCUT2D eigenvalue weighted by Gasteiger charge is 2.39. The summed E-state index contributed by atoms with van der Waals surface area (Å²) in [6, 6.07) is 7.86. The molecule has 19 heavy (non-hydrogen) atoms. The maximum absolute atomic E-state index is 12.9. The van der Waals surface area contributed by atoms with Crippen molar-refractivity contribution in [2.75, 3.05) is 26.3 Å². The third kappa shape index (κ3) is 2.72. The minimum Gasteiger partial charge on any atom is -0.379 e. The zero-order chi connectivity index (χ0) is 13.9. The number of Topliss-reactive ketones (excluding diaryl/α,β-unsaturated/α-hetero) is 1. The monoisotopic (exact) mass is 261 g/mol. The van der Waals surface area contributed by atoms with E-state index in [4.69, 9.17) is 4.74 Å². The Labute approximate surface area is 115 Å². The Morgan fingerprint density at radius 1 is 1.32 bits per heavy atom. The maximum atomic E-state index is 12.9. The lowest BCUT2D eigenvalue weighted by Gasteiger charge is -2.41. The molecule has 1 atom stereocenters. The van der Waals surface area contributed by atoms with Crippen LogP contribution in [0.5, 0.6) is 0 Å². The van der Waals surface area contributed by atoms with E-state index in [0.717, 1.165) is 43.9 Å². The summed E-state index contributed by atoms with van der Waals surface area (Å²) < 4.78 is 5.40. The Kier molecular flexibility index (Phi) is 4.38. The van der Waals surface area contributed by atoms with E-state index in [2.05, 4.69) is 18.7 Å². The second-order valence-electron chi connectivity index (χ2n) is 5.37. The standard InChI is InChI=1S/C16H23NO2/c1-4-16(3,17-9-11-19-12-10-17)15(18)14-8-6-5-7-13(14)2/h5-8H,4,9-12H2,1-3H3. The van der Waals surface area contributed by atoms with Crippen molar-refractivity contribution in [3.05, 3.63) is 35.4 Å². The van der Waals surface area contributed by atoms with Crippen molar-refractivity contribution in [2.45, 2.75) is 32.7 Å². The Balaban J connectivity index is 2.30. The number of aryl methyl sites for hydroxylation is 1. The minimum absolute atomic E-state index is 0.231. The summed E-state index contributed by atoms with van der Waals surface area (Å²) in [6.07, 6.45) is 0.820. The van der Waals surface area contributed by atoms with Gasteiger partial charge in [-0.25, -0.2) is 0 Å². The maximum Gasteiger partial charge on any atom is 0.183 e. The van der Waals surface area contributed by atoms with Crippen molar-refractivity contribution < 1.29 is 9.53 Å². The van der Waals surface area contributed by atoms with Gasteiger partial charge in [-0.15, -0.1) is 0 Å². The van der Waals surface area contributed by atoms with Crippen LogP contribution >= 0.6 is 0 Å². The number of hydrogen-bond donors (Lipinski definition) is 0. The molecule has 1 aromatic rings. The largest absolute Gasteiger partial charge is 0.379 e. The molecule has 0 N–H and O–H groups in total. The van der Waals surface area contributed by atoms with Crippen LogP contribution in [0.1, 0.15) is 36.2 Å². The summed E-state index contributed by atoms with van der Waals surface area (Å²) in [5.74, 6) is 0.231. The van der Waals surface area contributed by atoms with Crippen LogP contribution in [-0.2, 0) is 4.74 Å². The summed E-state index contributed by atoms with van der Waals surface area (Å²) in [4.78, 5) is 15.2. The van der Waals surface area contributed by atoms with E-state index in [1.54, 1.807) is 0 Å². The molecule has 0 saturated carbocycles. The van der Waals surface area contributed by atoms with Crippen molar-refractivity contribution in [1.82, 2.24) is 4.90 Å². The summed E-state index contributed by atoms with van der Waals surface area (Å²) >= 11 is 0. The number of rotatable bonds is 4. The van der Waals surface area contributed by atoms with Crippen LogP contribution in [0.2, 0.25) is 0 Å². The Morgan fingerprint density at radius 3 is 2.53 bits per heavy atom. The van der Waals surface area contributed by atoms with E-state index < -0.39 is 5.54 Å². The Hall–Kier alpha value is -1.19. The summed E-state index contributed by atoms with van der Waals surface area (Å²) in [6.45, 7) is 9.26. The molecule has 0 aliphatic carbocycles. The van der Waals surface area contributed by atoms with E-state index in [1.165, 1.54) is 0 Å². The molecule has 0 amide bonds. The lowest BCUT2D eigenvalue weighted by atomic mass is 9.85. The predicted molar refractivity (Wildman–Crippen MR) is 76.6 cm³/mol. The van der Waals surface area contributed by atoms with Gasteiger partial charge in [-0.1, -0.05) is 31.2 Å². The van der Waals surface area contributed by atoms with Crippen molar-refractivity contribution >= 4 is 5.78 Å². The van der Waals surface area contributed by atoms with Gasteiger partial charge >= 0.3 is 0 Å². The molecule has 1 aliphatic rings. The van der Waals surface area contributed by atoms with Gasteiger partial charge in [0.05, 0.1) is 18.8 Å². The van der Waals surface area contributed by atoms with Crippen LogP contribution in [0.15, 0.2) is 24.3 Å². The third-order valence-electron chi connectivity index (χ3n) is 4.28. The van der Waals surface area contributed by atoms with Gasteiger partial charge in [-0.3, -0.25) is 9.69 Å². The molecule has 0 bridgehead atoms. The van der Waals surface area contributed by atoms with Gasteiger partial charge in [-0.05, 0) is 25.8 Å². The van der Waals surface area contributed by atoms with E-state index in [1.807, 2.05) is 31.2 Å². The first-order valence-electron chi connectivity index (χ1n) is 7.03. The summed E-state index contributed by atoms with van der Waals surface area (Å²) in [5, 5.41) is 0. The fourth-order valence-electron chi connectivity index (χ4n) is 2.70. The van der Waals surface area contributed by atoms with E-state index in [-0.39, 0.29) is 5.78 Å². The molecule has 1 saturated heterocycles.